The number of fused-ring (bicyclic) bond motifs is 5. The van der Waals surface area contributed by atoms with Crippen molar-refractivity contribution in [2.24, 2.45) is 0 Å². The van der Waals surface area contributed by atoms with E-state index in [4.69, 9.17) is 0 Å². The van der Waals surface area contributed by atoms with Gasteiger partial charge in [-0.25, -0.2) is 4.39 Å². The van der Waals surface area contributed by atoms with Crippen molar-refractivity contribution >= 4 is 5.69 Å². The highest BCUT2D eigenvalue weighted by Gasteiger charge is 2.26. The first-order valence-electron chi connectivity index (χ1n) is 11.0. The Bertz CT molecular complexity index is 1290. The van der Waals surface area contributed by atoms with Gasteiger partial charge in [-0.05, 0) is 68.0 Å². The molecule has 0 saturated carbocycles. The molecule has 4 aromatic rings. The van der Waals surface area contributed by atoms with Crippen LogP contribution in [-0.2, 0) is 6.54 Å². The first-order valence-corrected chi connectivity index (χ1v) is 11.0. The summed E-state index contributed by atoms with van der Waals surface area (Å²) in [6, 6.07) is 16.0. The van der Waals surface area contributed by atoms with Gasteiger partial charge in [0.25, 0.3) is 0 Å². The smallest absolute Gasteiger partial charge is 0.185 e. The number of likely N-dealkylation sites (N-methyl/N-ethyl adjacent to an activating group) is 1. The van der Waals surface area contributed by atoms with Crippen LogP contribution in [0.25, 0.3) is 28.3 Å². The molecule has 2 aromatic carbocycles. The van der Waals surface area contributed by atoms with Crippen molar-refractivity contribution in [1.29, 1.82) is 0 Å². The van der Waals surface area contributed by atoms with Gasteiger partial charge in [0.05, 0.1) is 11.4 Å². The van der Waals surface area contributed by atoms with E-state index >= 15 is 0 Å². The monoisotopic (exact) mass is 428 g/mol. The van der Waals surface area contributed by atoms with E-state index < -0.39 is 0 Å². The third-order valence-corrected chi connectivity index (χ3v) is 6.77. The lowest BCUT2D eigenvalue weighted by Crippen LogP contribution is -2.31. The van der Waals surface area contributed by atoms with Gasteiger partial charge in [-0.2, -0.15) is 0 Å². The molecule has 6 nitrogen and oxygen atoms in total. The van der Waals surface area contributed by atoms with Crippen LogP contribution in [0.2, 0.25) is 0 Å². The standard InChI is InChI=1S/C25H25FN6/c1-29(2)22-9-10-30(15-22)21-7-8-23-19(11-21)14-31-13-18(17-3-5-20(26)6-4-17)12-24(31)25-28-27-16-32(23)25/h3-8,11-13,16,22H,9-10,14-15H2,1-2H3/t22-/m0/s1. The second-order valence-electron chi connectivity index (χ2n) is 8.94. The fraction of sp³-hybridized carbons (Fsp3) is 0.280. The van der Waals surface area contributed by atoms with Crippen molar-refractivity contribution in [1.82, 2.24) is 24.2 Å². The summed E-state index contributed by atoms with van der Waals surface area (Å²) >= 11 is 0. The summed E-state index contributed by atoms with van der Waals surface area (Å²) in [7, 11) is 4.32. The van der Waals surface area contributed by atoms with Gasteiger partial charge in [0.2, 0.25) is 0 Å². The maximum atomic E-state index is 13.4. The molecule has 0 spiro atoms. The summed E-state index contributed by atoms with van der Waals surface area (Å²) in [6.45, 7) is 2.87. The SMILES string of the molecule is CN(C)[C@H]1CCN(c2ccc3c(c2)Cn2cc(-c4ccc(F)cc4)cc2-c2nncn2-3)C1. The Morgan fingerprint density at radius 1 is 1.03 bits per heavy atom. The predicted octanol–water partition coefficient (Wildman–Crippen LogP) is 4.04. The highest BCUT2D eigenvalue weighted by Crippen LogP contribution is 2.35. The molecular weight excluding hydrogens is 403 g/mol. The Kier molecular flexibility index (Phi) is 4.40. The molecule has 1 atom stereocenters. The number of hydrogen-bond donors (Lipinski definition) is 0. The van der Waals surface area contributed by atoms with Gasteiger partial charge in [-0.15, -0.1) is 10.2 Å². The molecule has 7 heteroatoms. The van der Waals surface area contributed by atoms with Crippen molar-refractivity contribution in [3.63, 3.8) is 0 Å². The maximum absolute atomic E-state index is 13.4. The zero-order valence-electron chi connectivity index (χ0n) is 18.2. The number of aromatic nitrogens is 4. The molecule has 0 radical (unpaired) electrons. The summed E-state index contributed by atoms with van der Waals surface area (Å²) in [4.78, 5) is 4.79. The van der Waals surface area contributed by atoms with Crippen LogP contribution in [0.15, 0.2) is 61.1 Å². The van der Waals surface area contributed by atoms with E-state index in [1.807, 2.05) is 12.1 Å². The molecule has 1 fully saturated rings. The van der Waals surface area contributed by atoms with Crippen molar-refractivity contribution in [3.8, 4) is 28.3 Å². The van der Waals surface area contributed by atoms with Crippen molar-refractivity contribution in [2.75, 3.05) is 32.1 Å². The summed E-state index contributed by atoms with van der Waals surface area (Å²) in [5, 5.41) is 8.62. The van der Waals surface area contributed by atoms with Crippen LogP contribution >= 0.6 is 0 Å². The molecule has 2 aliphatic heterocycles. The van der Waals surface area contributed by atoms with E-state index in [-0.39, 0.29) is 5.82 Å². The van der Waals surface area contributed by atoms with Crippen molar-refractivity contribution in [3.05, 3.63) is 72.4 Å². The number of halogens is 1. The number of hydrogen-bond acceptors (Lipinski definition) is 4. The first kappa shape index (κ1) is 19.3. The average molecular weight is 429 g/mol. The van der Waals surface area contributed by atoms with Crippen LogP contribution < -0.4 is 4.90 Å². The normalized spacial score (nSPS) is 17.2. The Balaban J connectivity index is 1.41. The lowest BCUT2D eigenvalue weighted by molar-refractivity contribution is 0.315. The molecule has 0 unspecified atom stereocenters. The summed E-state index contributed by atoms with van der Waals surface area (Å²) in [5.74, 6) is 0.591. The van der Waals surface area contributed by atoms with Crippen LogP contribution in [-0.4, -0.2) is 57.5 Å². The molecular formula is C25H25FN6. The van der Waals surface area contributed by atoms with Gasteiger partial charge in [0.1, 0.15) is 12.1 Å². The van der Waals surface area contributed by atoms with Crippen LogP contribution in [0.5, 0.6) is 0 Å². The lowest BCUT2D eigenvalue weighted by Gasteiger charge is -2.23. The van der Waals surface area contributed by atoms with Gasteiger partial charge >= 0.3 is 0 Å². The molecule has 2 aromatic heterocycles. The molecule has 2 aliphatic rings. The van der Waals surface area contributed by atoms with Gasteiger partial charge in [-0.3, -0.25) is 4.57 Å². The van der Waals surface area contributed by atoms with E-state index in [1.54, 1.807) is 6.33 Å². The molecule has 32 heavy (non-hydrogen) atoms. The lowest BCUT2D eigenvalue weighted by atomic mass is 10.1. The predicted molar refractivity (Wildman–Crippen MR) is 124 cm³/mol. The summed E-state index contributed by atoms with van der Waals surface area (Å²) < 4.78 is 17.7. The number of benzene rings is 2. The van der Waals surface area contributed by atoms with Crippen molar-refractivity contribution < 1.29 is 4.39 Å². The van der Waals surface area contributed by atoms with Crippen LogP contribution in [0.4, 0.5) is 10.1 Å². The number of anilines is 1. The summed E-state index contributed by atoms with van der Waals surface area (Å²) in [5.41, 5.74) is 6.65. The average Bonchev–Trinajstić information content (AvgIpc) is 3.53. The maximum Gasteiger partial charge on any atom is 0.185 e. The molecule has 6 rings (SSSR count). The summed E-state index contributed by atoms with van der Waals surface area (Å²) in [6.07, 6.45) is 5.09. The zero-order valence-corrected chi connectivity index (χ0v) is 18.2. The Morgan fingerprint density at radius 3 is 2.66 bits per heavy atom. The van der Waals surface area contributed by atoms with E-state index in [1.165, 1.54) is 29.8 Å². The Hall–Kier alpha value is -3.45. The first-order chi connectivity index (χ1) is 15.6. The second-order valence-corrected chi connectivity index (χ2v) is 8.94. The van der Waals surface area contributed by atoms with Crippen LogP contribution in [0, 0.1) is 5.82 Å². The molecule has 0 N–H and O–H groups in total. The number of nitrogens with zero attached hydrogens (tertiary/aromatic N) is 6. The Morgan fingerprint density at radius 2 is 1.88 bits per heavy atom. The molecule has 0 bridgehead atoms. The minimum atomic E-state index is -0.228. The molecule has 162 valence electrons. The highest BCUT2D eigenvalue weighted by atomic mass is 19.1. The minimum absolute atomic E-state index is 0.228. The third kappa shape index (κ3) is 3.12. The van der Waals surface area contributed by atoms with E-state index in [0.717, 1.165) is 48.0 Å². The highest BCUT2D eigenvalue weighted by molar-refractivity contribution is 5.72. The fourth-order valence-corrected chi connectivity index (χ4v) is 4.93. The third-order valence-electron chi connectivity index (χ3n) is 6.77. The van der Waals surface area contributed by atoms with Crippen molar-refractivity contribution in [2.45, 2.75) is 19.0 Å². The minimum Gasteiger partial charge on any atom is -0.370 e. The molecule has 1 saturated heterocycles. The molecule has 0 amide bonds. The Labute approximate surface area is 186 Å². The van der Waals surface area contributed by atoms with Crippen LogP contribution in [0.3, 0.4) is 0 Å². The van der Waals surface area contributed by atoms with E-state index in [9.17, 15) is 4.39 Å². The molecule has 0 aliphatic carbocycles. The number of rotatable bonds is 3. The van der Waals surface area contributed by atoms with E-state index in [2.05, 4.69) is 73.7 Å². The van der Waals surface area contributed by atoms with Gasteiger partial charge in [-0.1, -0.05) is 12.1 Å². The van der Waals surface area contributed by atoms with Gasteiger partial charge < -0.3 is 14.4 Å². The van der Waals surface area contributed by atoms with Gasteiger partial charge in [0.15, 0.2) is 5.82 Å². The fourth-order valence-electron chi connectivity index (χ4n) is 4.93. The topological polar surface area (TPSA) is 42.1 Å². The second kappa shape index (κ2) is 7.31. The van der Waals surface area contributed by atoms with Crippen LogP contribution in [0.1, 0.15) is 12.0 Å². The van der Waals surface area contributed by atoms with E-state index in [0.29, 0.717) is 6.04 Å². The zero-order chi connectivity index (χ0) is 21.8. The largest absolute Gasteiger partial charge is 0.370 e. The quantitative estimate of drug-likeness (QED) is 0.435. The molecule has 4 heterocycles. The van der Waals surface area contributed by atoms with Gasteiger partial charge in [0, 0.05) is 43.1 Å².